The molecular formula is C48H36O6S. The maximum atomic E-state index is 10.4. The van der Waals surface area contributed by atoms with Crippen LogP contribution in [0, 0.1) is 0 Å². The Morgan fingerprint density at radius 1 is 0.255 bits per heavy atom. The molecular weight excluding hydrogens is 705 g/mol. The van der Waals surface area contributed by atoms with Crippen molar-refractivity contribution in [2.45, 2.75) is 0 Å². The van der Waals surface area contributed by atoms with Gasteiger partial charge in [0.25, 0.3) is 0 Å². The zero-order valence-corrected chi connectivity index (χ0v) is 30.3. The molecule has 0 bridgehead atoms. The van der Waals surface area contributed by atoms with Gasteiger partial charge < -0.3 is 20.4 Å². The molecule has 0 atom stereocenters. The Morgan fingerprint density at radius 2 is 0.436 bits per heavy atom. The zero-order chi connectivity index (χ0) is 38.6. The van der Waals surface area contributed by atoms with Gasteiger partial charge in [-0.15, -0.1) is 0 Å². The van der Waals surface area contributed by atoms with Gasteiger partial charge in [0.2, 0.25) is 0 Å². The van der Waals surface area contributed by atoms with E-state index in [0.717, 1.165) is 66.8 Å². The lowest BCUT2D eigenvalue weighted by molar-refractivity contribution is 0.476. The molecule has 0 aliphatic rings. The first kappa shape index (κ1) is 37.5. The van der Waals surface area contributed by atoms with Gasteiger partial charge in [-0.05, 0) is 68.8 Å². The summed E-state index contributed by atoms with van der Waals surface area (Å²) in [5, 5.41) is 41.8. The van der Waals surface area contributed by atoms with Crippen molar-refractivity contribution >= 4 is 11.6 Å². The quantitative estimate of drug-likeness (QED) is 0.135. The van der Waals surface area contributed by atoms with Crippen LogP contribution in [-0.2, 0) is 11.6 Å². The SMILES string of the molecule is O=S=O.Oc1cc(-c2ccc(-c3ccccc3)c(O)c2)ccc1-c1ccccc1.Oc1cc(-c2ccc(-c3ccccc3)c(O)c2)ccc1-c1ccccc1. The molecule has 0 saturated carbocycles. The molecule has 7 heteroatoms. The Balaban J connectivity index is 0.000000175. The number of benzene rings is 8. The summed E-state index contributed by atoms with van der Waals surface area (Å²) in [6.07, 6.45) is 0. The highest BCUT2D eigenvalue weighted by atomic mass is 32.1. The van der Waals surface area contributed by atoms with Crippen molar-refractivity contribution in [1.29, 1.82) is 0 Å². The van der Waals surface area contributed by atoms with Crippen molar-refractivity contribution in [2.24, 2.45) is 0 Å². The van der Waals surface area contributed by atoms with Crippen molar-refractivity contribution in [2.75, 3.05) is 0 Å². The molecule has 8 aromatic carbocycles. The first-order valence-electron chi connectivity index (χ1n) is 17.3. The summed E-state index contributed by atoms with van der Waals surface area (Å²) in [4.78, 5) is 0. The van der Waals surface area contributed by atoms with E-state index in [9.17, 15) is 20.4 Å². The minimum Gasteiger partial charge on any atom is -0.507 e. The van der Waals surface area contributed by atoms with Crippen LogP contribution in [0.3, 0.4) is 0 Å². The number of hydrogen-bond donors (Lipinski definition) is 4. The number of phenolic OH excluding ortho intramolecular Hbond substituents is 4. The lowest BCUT2D eigenvalue weighted by Crippen LogP contribution is -1.84. The van der Waals surface area contributed by atoms with Gasteiger partial charge in [-0.25, -0.2) is 0 Å². The molecule has 0 aliphatic heterocycles. The Bertz CT molecular complexity index is 2190. The summed E-state index contributed by atoms with van der Waals surface area (Å²) in [6.45, 7) is 0. The van der Waals surface area contributed by atoms with E-state index in [-0.39, 0.29) is 23.0 Å². The first-order chi connectivity index (χ1) is 26.9. The molecule has 6 nitrogen and oxygen atoms in total. The molecule has 270 valence electrons. The Labute approximate surface area is 323 Å². The summed E-state index contributed by atoms with van der Waals surface area (Å²) in [7, 11) is 0. The molecule has 0 aromatic heterocycles. The summed E-state index contributed by atoms with van der Waals surface area (Å²) >= 11 is -0.750. The standard InChI is InChI=1S/2C24H18O2.O2S/c2*25-23-15-19(11-13-21(23)17-7-3-1-4-8-17)20-12-14-22(24(26)16-20)18-9-5-2-6-10-18;1-3-2/h2*1-16,25-26H;. The Hall–Kier alpha value is -7.22. The molecule has 8 aromatic rings. The summed E-state index contributed by atoms with van der Waals surface area (Å²) in [6, 6.07) is 61.5. The maximum absolute atomic E-state index is 10.4. The second-order valence-electron chi connectivity index (χ2n) is 12.5. The van der Waals surface area contributed by atoms with Crippen LogP contribution in [0.4, 0.5) is 0 Å². The van der Waals surface area contributed by atoms with E-state index in [4.69, 9.17) is 8.42 Å². The molecule has 8 rings (SSSR count). The van der Waals surface area contributed by atoms with Crippen LogP contribution in [0.1, 0.15) is 0 Å². The normalized spacial score (nSPS) is 10.3. The largest absolute Gasteiger partial charge is 0.507 e. The van der Waals surface area contributed by atoms with Gasteiger partial charge in [0, 0.05) is 22.3 Å². The summed E-state index contributed by atoms with van der Waals surface area (Å²) < 4.78 is 16.6. The van der Waals surface area contributed by atoms with Crippen molar-refractivity contribution in [3.05, 3.63) is 194 Å². The number of hydrogen-bond acceptors (Lipinski definition) is 6. The Kier molecular flexibility index (Phi) is 12.3. The monoisotopic (exact) mass is 740 g/mol. The third-order valence-electron chi connectivity index (χ3n) is 9.00. The predicted molar refractivity (Wildman–Crippen MR) is 221 cm³/mol. The van der Waals surface area contributed by atoms with E-state index in [2.05, 4.69) is 0 Å². The third kappa shape index (κ3) is 9.24. The molecule has 0 fully saturated rings. The van der Waals surface area contributed by atoms with Crippen LogP contribution in [-0.4, -0.2) is 28.8 Å². The van der Waals surface area contributed by atoms with Gasteiger partial charge in [0.15, 0.2) is 0 Å². The van der Waals surface area contributed by atoms with Gasteiger partial charge >= 0.3 is 11.6 Å². The lowest BCUT2D eigenvalue weighted by Gasteiger charge is -2.10. The van der Waals surface area contributed by atoms with E-state index in [0.29, 0.717) is 0 Å². The van der Waals surface area contributed by atoms with Gasteiger partial charge in [-0.2, -0.15) is 8.42 Å². The number of rotatable bonds is 6. The highest BCUT2D eigenvalue weighted by molar-refractivity contribution is 7.51. The molecule has 0 saturated heterocycles. The minimum absolute atomic E-state index is 0.223. The fourth-order valence-corrected chi connectivity index (χ4v) is 6.29. The van der Waals surface area contributed by atoms with Crippen LogP contribution < -0.4 is 0 Å². The smallest absolute Gasteiger partial charge is 0.335 e. The third-order valence-corrected chi connectivity index (χ3v) is 9.00. The van der Waals surface area contributed by atoms with Gasteiger partial charge in [-0.1, -0.05) is 170 Å². The molecule has 0 amide bonds. The number of aromatic hydroxyl groups is 4. The van der Waals surface area contributed by atoms with Crippen molar-refractivity contribution in [3.63, 3.8) is 0 Å². The second kappa shape index (κ2) is 18.0. The van der Waals surface area contributed by atoms with Crippen LogP contribution in [0.15, 0.2) is 194 Å². The fourth-order valence-electron chi connectivity index (χ4n) is 6.29. The molecule has 4 N–H and O–H groups in total. The topological polar surface area (TPSA) is 115 Å². The summed E-state index contributed by atoms with van der Waals surface area (Å²) in [5.74, 6) is 0.890. The zero-order valence-electron chi connectivity index (χ0n) is 29.5. The molecule has 0 spiro atoms. The van der Waals surface area contributed by atoms with Crippen LogP contribution in [0.2, 0.25) is 0 Å². The van der Waals surface area contributed by atoms with Crippen molar-refractivity contribution in [3.8, 4) is 89.8 Å². The predicted octanol–water partition coefficient (Wildman–Crippen LogP) is 11.5. The number of phenols is 4. The van der Waals surface area contributed by atoms with E-state index >= 15 is 0 Å². The van der Waals surface area contributed by atoms with Crippen molar-refractivity contribution in [1.82, 2.24) is 0 Å². The highest BCUT2D eigenvalue weighted by Crippen LogP contribution is 2.38. The van der Waals surface area contributed by atoms with Crippen molar-refractivity contribution < 1.29 is 28.8 Å². The molecule has 0 heterocycles. The van der Waals surface area contributed by atoms with Gasteiger partial charge in [0.1, 0.15) is 23.0 Å². The average molecular weight is 741 g/mol. The molecule has 0 aliphatic carbocycles. The maximum Gasteiger partial charge on any atom is 0.335 e. The first-order valence-corrected chi connectivity index (χ1v) is 18.0. The van der Waals surface area contributed by atoms with E-state index < -0.39 is 11.6 Å². The van der Waals surface area contributed by atoms with E-state index in [1.807, 2.05) is 170 Å². The van der Waals surface area contributed by atoms with Gasteiger partial charge in [-0.3, -0.25) is 0 Å². The van der Waals surface area contributed by atoms with Crippen LogP contribution >= 0.6 is 0 Å². The lowest BCUT2D eigenvalue weighted by atomic mass is 9.97. The van der Waals surface area contributed by atoms with Gasteiger partial charge in [0.05, 0.1) is 0 Å². The molecule has 0 radical (unpaired) electrons. The molecule has 0 unspecified atom stereocenters. The Morgan fingerprint density at radius 3 is 0.600 bits per heavy atom. The fraction of sp³-hybridized carbons (Fsp3) is 0. The van der Waals surface area contributed by atoms with E-state index in [1.54, 1.807) is 24.3 Å². The van der Waals surface area contributed by atoms with Crippen LogP contribution in [0.5, 0.6) is 23.0 Å². The van der Waals surface area contributed by atoms with E-state index in [1.165, 1.54) is 0 Å². The highest BCUT2D eigenvalue weighted by Gasteiger charge is 2.11. The average Bonchev–Trinajstić information content (AvgIpc) is 3.22. The second-order valence-corrected chi connectivity index (χ2v) is 12.6. The minimum atomic E-state index is -0.750. The van der Waals surface area contributed by atoms with Crippen LogP contribution in [0.25, 0.3) is 66.8 Å². The molecule has 55 heavy (non-hydrogen) atoms. The summed E-state index contributed by atoms with van der Waals surface area (Å²) in [5.41, 5.74) is 10.5.